The van der Waals surface area contributed by atoms with Gasteiger partial charge in [0.2, 0.25) is 11.6 Å². The number of nitrogens with one attached hydrogen (secondary N) is 1. The summed E-state index contributed by atoms with van der Waals surface area (Å²) in [6, 6.07) is 8.32. The summed E-state index contributed by atoms with van der Waals surface area (Å²) in [5, 5.41) is 2.74. The highest BCUT2D eigenvalue weighted by Crippen LogP contribution is 2.51. The van der Waals surface area contributed by atoms with E-state index in [0.29, 0.717) is 73.6 Å². The number of amides is 3. The summed E-state index contributed by atoms with van der Waals surface area (Å²) in [5.74, 6) is -1.72. The van der Waals surface area contributed by atoms with Crippen molar-refractivity contribution in [3.05, 3.63) is 95.8 Å². The molecule has 2 aromatic carbocycles. The van der Waals surface area contributed by atoms with E-state index in [-0.39, 0.29) is 49.8 Å². The molecule has 21 heteroatoms. The molecule has 0 fully saturated rings. The van der Waals surface area contributed by atoms with E-state index in [4.69, 9.17) is 9.47 Å². The first-order valence-electron chi connectivity index (χ1n) is 21.0. The fourth-order valence-corrected chi connectivity index (χ4v) is 10.1. The molecule has 0 aliphatic carbocycles. The molecule has 3 aliphatic heterocycles. The van der Waals surface area contributed by atoms with Crippen molar-refractivity contribution in [1.82, 2.24) is 10.2 Å². The van der Waals surface area contributed by atoms with Crippen LogP contribution in [0, 0.1) is 0 Å². The highest BCUT2D eigenvalue weighted by molar-refractivity contribution is 7.86. The number of ether oxygens (including phenoxy) is 2. The summed E-state index contributed by atoms with van der Waals surface area (Å²) in [4.78, 5) is 38.4. The zero-order valence-electron chi connectivity index (χ0n) is 36.7. The lowest BCUT2D eigenvalue weighted by Crippen LogP contribution is -2.38. The van der Waals surface area contributed by atoms with Crippen LogP contribution in [0.25, 0.3) is 0 Å². The van der Waals surface area contributed by atoms with E-state index in [2.05, 4.69) is 10.2 Å². The highest BCUT2D eigenvalue weighted by atomic mass is 32.2. The second kappa shape index (κ2) is 21.2. The van der Waals surface area contributed by atoms with Crippen LogP contribution < -0.4 is 10.2 Å². The van der Waals surface area contributed by atoms with Gasteiger partial charge in [0.15, 0.2) is 12.3 Å². The summed E-state index contributed by atoms with van der Waals surface area (Å²) < 4.78 is 120. The minimum atomic E-state index is -4.85. The zero-order valence-corrected chi connectivity index (χ0v) is 39.1. The summed E-state index contributed by atoms with van der Waals surface area (Å²) >= 11 is 0. The number of methoxy groups -OCH3 is 2. The molecule has 18 nitrogen and oxygen atoms in total. The van der Waals surface area contributed by atoms with Gasteiger partial charge >= 0.3 is 0 Å². The molecule has 0 radical (unpaired) electrons. The maximum Gasteiger partial charge on any atom is 0.253 e. The molecule has 3 aliphatic rings. The summed E-state index contributed by atoms with van der Waals surface area (Å²) in [5.41, 5.74) is 1.94. The number of hydrogen-bond acceptors (Lipinski definition) is 15. The fraction of sp³-hybridized carbons (Fsp3) is 0.455. The van der Waals surface area contributed by atoms with Crippen molar-refractivity contribution in [3.8, 4) is 0 Å². The van der Waals surface area contributed by atoms with Gasteiger partial charge in [0.05, 0.1) is 25.3 Å². The van der Waals surface area contributed by atoms with Crippen molar-refractivity contribution in [2.24, 2.45) is 0 Å². The minimum Gasteiger partial charge on any atom is -0.748 e. The summed E-state index contributed by atoms with van der Waals surface area (Å²) in [6.07, 6.45) is 13.8. The molecule has 0 spiro atoms. The third-order valence-electron chi connectivity index (χ3n) is 12.0. The van der Waals surface area contributed by atoms with E-state index in [9.17, 15) is 53.3 Å². The maximum absolute atomic E-state index is 12.5. The van der Waals surface area contributed by atoms with E-state index < -0.39 is 63.6 Å². The second-order valence-electron chi connectivity index (χ2n) is 16.3. The topological polar surface area (TPSA) is 263 Å². The quantitative estimate of drug-likeness (QED) is 0.0521. The Balaban J connectivity index is 1.43. The molecular formula is C44H54N4O14S3-2. The zero-order chi connectivity index (χ0) is 47.8. The van der Waals surface area contributed by atoms with Gasteiger partial charge in [0, 0.05) is 99.3 Å². The Morgan fingerprint density at radius 2 is 1.40 bits per heavy atom. The van der Waals surface area contributed by atoms with Gasteiger partial charge in [-0.3, -0.25) is 19.3 Å². The molecule has 0 saturated carbocycles. The van der Waals surface area contributed by atoms with Gasteiger partial charge < -0.3 is 33.3 Å². The molecule has 5 rings (SSSR count). The Bertz CT molecular complexity index is 2640. The lowest BCUT2D eigenvalue weighted by molar-refractivity contribution is -0.441. The number of fused-ring (bicyclic) bond motifs is 2. The van der Waals surface area contributed by atoms with Crippen LogP contribution in [0.15, 0.2) is 94.4 Å². The number of imide groups is 1. The monoisotopic (exact) mass is 958 g/mol. The molecule has 0 bridgehead atoms. The lowest BCUT2D eigenvalue weighted by Gasteiger charge is -2.30. The maximum atomic E-state index is 12.5. The van der Waals surface area contributed by atoms with Crippen molar-refractivity contribution in [1.29, 1.82) is 0 Å². The number of carbonyl (C=O) groups excluding carboxylic acids is 3. The number of unbranched alkanes of at least 4 members (excludes halogenated alkanes) is 2. The van der Waals surface area contributed by atoms with Gasteiger partial charge in [-0.15, -0.1) is 0 Å². The number of nitrogens with zero attached hydrogens (tertiary/aromatic N) is 3. The van der Waals surface area contributed by atoms with Crippen molar-refractivity contribution in [2.75, 3.05) is 64.3 Å². The van der Waals surface area contributed by atoms with E-state index in [1.807, 2.05) is 17.6 Å². The first kappa shape index (κ1) is 51.1. The van der Waals surface area contributed by atoms with Gasteiger partial charge in [-0.05, 0) is 87.9 Å². The van der Waals surface area contributed by atoms with Crippen molar-refractivity contribution in [3.63, 3.8) is 0 Å². The van der Waals surface area contributed by atoms with E-state index in [1.165, 1.54) is 49.6 Å². The smallest absolute Gasteiger partial charge is 0.253 e. The standard InChI is InChI=1S/C44H56N4O14S3/c1-43(21-11-29-63(52,53)54)34-30-32(64(55,56)57)16-18-37(34)47(26-28-62-4)38(43)12-7-5-8-13-39-44(2,22-27-61-3)35-31-33(65(58,59)60)15-17-36(35)46(39)24-10-6-9-14-40(49)45-23-25-48-41(50)19-20-42(48)51/h5,7-8,12-13,15-20,30-31H,6,9-11,14,21-29H2,1-4H3,(H3-,45,49,52,53,54,55,56,57,58,59,60)/p-2. The Kier molecular flexibility index (Phi) is 16.7. The Morgan fingerprint density at radius 3 is 2.03 bits per heavy atom. The molecule has 0 aromatic heterocycles. The number of carbonyl (C=O) groups is 3. The Hall–Kier alpha value is -4.87. The molecule has 2 atom stereocenters. The summed E-state index contributed by atoms with van der Waals surface area (Å²) in [7, 11) is -11.2. The number of benzene rings is 2. The van der Waals surface area contributed by atoms with Crippen LogP contribution in [0.4, 0.5) is 11.4 Å². The van der Waals surface area contributed by atoms with Crippen LogP contribution in [0.1, 0.15) is 69.9 Å². The average molecular weight is 959 g/mol. The van der Waals surface area contributed by atoms with Crippen molar-refractivity contribution >= 4 is 65.2 Å². The fourth-order valence-electron chi connectivity index (χ4n) is 8.61. The number of hydrogen-bond donors (Lipinski definition) is 1. The summed E-state index contributed by atoms with van der Waals surface area (Å²) in [6.45, 7) is 5.26. The van der Waals surface area contributed by atoms with Crippen molar-refractivity contribution < 1.29 is 67.3 Å². The first-order chi connectivity index (χ1) is 30.5. The molecule has 0 saturated heterocycles. The van der Waals surface area contributed by atoms with E-state index in [1.54, 1.807) is 44.4 Å². The minimum absolute atomic E-state index is 0.0458. The average Bonchev–Trinajstić information content (AvgIpc) is 3.76. The molecule has 1 N–H and O–H groups in total. The third-order valence-corrected chi connectivity index (χ3v) is 14.4. The third kappa shape index (κ3) is 12.3. The van der Waals surface area contributed by atoms with Gasteiger partial charge in [0.25, 0.3) is 11.8 Å². The second-order valence-corrected chi connectivity index (χ2v) is 20.6. The van der Waals surface area contributed by atoms with Crippen LogP contribution >= 0.6 is 0 Å². The predicted molar refractivity (Wildman–Crippen MR) is 237 cm³/mol. The van der Waals surface area contributed by atoms with Crippen LogP contribution in [-0.4, -0.2) is 131 Å². The predicted octanol–water partition coefficient (Wildman–Crippen LogP) is 3.24. The normalized spacial score (nSPS) is 20.6. The first-order valence-corrected chi connectivity index (χ1v) is 25.3. The largest absolute Gasteiger partial charge is 0.748 e. The molecule has 65 heavy (non-hydrogen) atoms. The van der Waals surface area contributed by atoms with E-state index in [0.717, 1.165) is 10.6 Å². The molecule has 2 aromatic rings. The molecule has 3 amide bonds. The number of rotatable bonds is 24. The number of allylic oxidation sites excluding steroid dienone is 6. The van der Waals surface area contributed by atoms with Crippen LogP contribution in [0.3, 0.4) is 0 Å². The Morgan fingerprint density at radius 1 is 0.754 bits per heavy atom. The molecule has 3 heterocycles. The van der Waals surface area contributed by atoms with Crippen molar-refractivity contribution in [2.45, 2.75) is 79.4 Å². The molecular weight excluding hydrogens is 905 g/mol. The molecule has 2 unspecified atom stereocenters. The Labute approximate surface area is 380 Å². The van der Waals surface area contributed by atoms with Crippen LogP contribution in [0.5, 0.6) is 0 Å². The SMILES string of the molecule is COCC[N+]1=C(/C=C/C=C/C=C2/N(CCCCCC(=O)NCCN3C(=O)C=CC3=O)c3ccc(S(=O)(=O)[O-])cc3C2(C)CCOC)C(C)(CCCS(=O)(=O)[O-])c2cc(S(=O)(=O)[O-])ccc21. The van der Waals surface area contributed by atoms with Crippen LogP contribution in [-0.2, 0) is 65.0 Å². The number of anilines is 1. The lowest BCUT2D eigenvalue weighted by atomic mass is 9.76. The highest BCUT2D eigenvalue weighted by Gasteiger charge is 2.48. The van der Waals surface area contributed by atoms with Gasteiger partial charge in [-0.2, -0.15) is 4.58 Å². The van der Waals surface area contributed by atoms with Gasteiger partial charge in [0.1, 0.15) is 26.8 Å². The van der Waals surface area contributed by atoms with Gasteiger partial charge in [-0.1, -0.05) is 24.6 Å². The van der Waals surface area contributed by atoms with Gasteiger partial charge in [-0.25, -0.2) is 25.3 Å². The molecule has 354 valence electrons. The van der Waals surface area contributed by atoms with E-state index >= 15 is 0 Å². The van der Waals surface area contributed by atoms with Crippen LogP contribution in [0.2, 0.25) is 0 Å².